The van der Waals surface area contributed by atoms with Crippen LogP contribution in [0, 0.1) is 17.1 Å². The highest BCUT2D eigenvalue weighted by Crippen LogP contribution is 2.26. The zero-order valence-electron chi connectivity index (χ0n) is 22.9. The monoisotopic (exact) mass is 562 g/mol. The van der Waals surface area contributed by atoms with E-state index in [-0.39, 0.29) is 24.2 Å². The van der Waals surface area contributed by atoms with Crippen molar-refractivity contribution in [1.82, 2.24) is 14.5 Å². The molecule has 5 aromatic rings. The highest BCUT2D eigenvalue weighted by atomic mass is 19.1. The SMILES string of the molecule is COC(=O)c1ccc2nc(Cc3ccc(-c4cccc(OCc5ccc(C#N)cc5F)n4)cc3)n(C[C@@H]3CCO3)c2c1. The summed E-state index contributed by atoms with van der Waals surface area (Å²) in [5.41, 5.74) is 5.49. The maximum atomic E-state index is 14.2. The highest BCUT2D eigenvalue weighted by molar-refractivity contribution is 5.93. The molecule has 0 aliphatic carbocycles. The second-order valence-electron chi connectivity index (χ2n) is 10.1. The third kappa shape index (κ3) is 5.71. The van der Waals surface area contributed by atoms with E-state index < -0.39 is 5.82 Å². The van der Waals surface area contributed by atoms with Gasteiger partial charge < -0.3 is 18.8 Å². The van der Waals surface area contributed by atoms with Crippen LogP contribution in [0.5, 0.6) is 5.88 Å². The number of pyridine rings is 1. The van der Waals surface area contributed by atoms with Gasteiger partial charge in [-0.1, -0.05) is 36.4 Å². The summed E-state index contributed by atoms with van der Waals surface area (Å²) < 4.78 is 32.7. The molecule has 0 saturated carbocycles. The van der Waals surface area contributed by atoms with Crippen molar-refractivity contribution >= 4 is 17.0 Å². The van der Waals surface area contributed by atoms with Gasteiger partial charge in [0.15, 0.2) is 0 Å². The van der Waals surface area contributed by atoms with Crippen molar-refractivity contribution < 1.29 is 23.4 Å². The molecule has 8 nitrogen and oxygen atoms in total. The van der Waals surface area contributed by atoms with Crippen LogP contribution in [0.25, 0.3) is 22.3 Å². The molecule has 1 saturated heterocycles. The first-order valence-electron chi connectivity index (χ1n) is 13.6. The lowest BCUT2D eigenvalue weighted by Crippen LogP contribution is -2.31. The fourth-order valence-electron chi connectivity index (χ4n) is 4.91. The number of aromatic nitrogens is 3. The molecule has 1 aliphatic heterocycles. The van der Waals surface area contributed by atoms with E-state index in [2.05, 4.69) is 9.55 Å². The Balaban J connectivity index is 1.20. The third-order valence-electron chi connectivity index (χ3n) is 7.32. The molecular weight excluding hydrogens is 535 g/mol. The topological polar surface area (TPSA) is 99.3 Å². The summed E-state index contributed by atoms with van der Waals surface area (Å²) in [6.45, 7) is 1.42. The second kappa shape index (κ2) is 11.8. The molecule has 0 unspecified atom stereocenters. The fraction of sp³-hybridized carbons (Fsp3) is 0.212. The normalized spacial score (nSPS) is 14.3. The Morgan fingerprint density at radius 1 is 1.10 bits per heavy atom. The van der Waals surface area contributed by atoms with Crippen LogP contribution in [-0.4, -0.2) is 40.3 Å². The van der Waals surface area contributed by atoms with E-state index in [0.29, 0.717) is 30.0 Å². The number of nitrogens with zero attached hydrogens (tertiary/aromatic N) is 4. The molecule has 3 heterocycles. The maximum Gasteiger partial charge on any atom is 0.337 e. The van der Waals surface area contributed by atoms with Crippen molar-refractivity contribution in [2.75, 3.05) is 13.7 Å². The number of hydrogen-bond donors (Lipinski definition) is 0. The summed E-state index contributed by atoms with van der Waals surface area (Å²) in [5, 5.41) is 8.93. The van der Waals surface area contributed by atoms with Crippen LogP contribution in [0.15, 0.2) is 78.9 Å². The first-order chi connectivity index (χ1) is 20.5. The molecule has 42 heavy (non-hydrogen) atoms. The molecule has 210 valence electrons. The molecular formula is C33H27FN4O4. The van der Waals surface area contributed by atoms with Crippen molar-refractivity contribution in [3.8, 4) is 23.2 Å². The van der Waals surface area contributed by atoms with E-state index in [1.165, 1.54) is 13.2 Å². The molecule has 3 aromatic carbocycles. The Bertz CT molecular complexity index is 1810. The van der Waals surface area contributed by atoms with Gasteiger partial charge in [0, 0.05) is 30.2 Å². The van der Waals surface area contributed by atoms with E-state index in [0.717, 1.165) is 46.7 Å². The van der Waals surface area contributed by atoms with E-state index in [1.54, 1.807) is 24.3 Å². The Morgan fingerprint density at radius 3 is 2.64 bits per heavy atom. The van der Waals surface area contributed by atoms with Crippen molar-refractivity contribution in [2.24, 2.45) is 0 Å². The fourth-order valence-corrected chi connectivity index (χ4v) is 4.91. The summed E-state index contributed by atoms with van der Waals surface area (Å²) in [6.07, 6.45) is 1.71. The summed E-state index contributed by atoms with van der Waals surface area (Å²) in [6, 6.07) is 25.2. The number of esters is 1. The second-order valence-corrected chi connectivity index (χ2v) is 10.1. The Hall–Kier alpha value is -5.07. The molecule has 0 bridgehead atoms. The summed E-state index contributed by atoms with van der Waals surface area (Å²) in [7, 11) is 1.37. The van der Waals surface area contributed by atoms with E-state index in [9.17, 15) is 9.18 Å². The van der Waals surface area contributed by atoms with Crippen LogP contribution in [-0.2, 0) is 29.0 Å². The van der Waals surface area contributed by atoms with Crippen LogP contribution in [0.3, 0.4) is 0 Å². The molecule has 6 rings (SSSR count). The Kier molecular flexibility index (Phi) is 7.62. The summed E-state index contributed by atoms with van der Waals surface area (Å²) in [4.78, 5) is 21.6. The van der Waals surface area contributed by atoms with Crippen LogP contribution >= 0.6 is 0 Å². The number of fused-ring (bicyclic) bond motifs is 1. The number of halogens is 1. The van der Waals surface area contributed by atoms with Crippen LogP contribution in [0.2, 0.25) is 0 Å². The Labute approximate surface area is 241 Å². The van der Waals surface area contributed by atoms with Crippen LogP contribution < -0.4 is 4.74 Å². The van der Waals surface area contributed by atoms with Gasteiger partial charge in [0.1, 0.15) is 18.2 Å². The first-order valence-corrected chi connectivity index (χ1v) is 13.6. The first kappa shape index (κ1) is 27.1. The van der Waals surface area contributed by atoms with Gasteiger partial charge in [-0.25, -0.2) is 19.2 Å². The molecule has 2 aromatic heterocycles. The number of ether oxygens (including phenoxy) is 3. The van der Waals surface area contributed by atoms with Crippen LogP contribution in [0.4, 0.5) is 4.39 Å². The summed E-state index contributed by atoms with van der Waals surface area (Å²) >= 11 is 0. The van der Waals surface area contributed by atoms with Gasteiger partial charge >= 0.3 is 5.97 Å². The van der Waals surface area contributed by atoms with Gasteiger partial charge in [0.05, 0.1) is 53.7 Å². The number of imidazole rings is 1. The van der Waals surface area contributed by atoms with E-state index >= 15 is 0 Å². The van der Waals surface area contributed by atoms with Gasteiger partial charge in [0.2, 0.25) is 5.88 Å². The standard InChI is InChI=1S/C33H27FN4O4/c1-40-33(39)24-11-12-29-30(17-24)38(19-26-13-14-41-26)31(36-29)16-21-5-8-23(9-6-21)28-3-2-4-32(37-28)42-20-25-10-7-22(18-35)15-27(25)34/h2-12,15,17,26H,13-14,16,19-20H2,1H3/t26-/m0/s1. The predicted octanol–water partition coefficient (Wildman–Crippen LogP) is 5.85. The molecule has 0 amide bonds. The predicted molar refractivity (Wildman–Crippen MR) is 153 cm³/mol. The molecule has 0 spiro atoms. The van der Waals surface area contributed by atoms with Crippen molar-refractivity contribution in [3.63, 3.8) is 0 Å². The van der Waals surface area contributed by atoms with E-state index in [1.807, 2.05) is 54.6 Å². The van der Waals surface area contributed by atoms with Gasteiger partial charge in [-0.3, -0.25) is 0 Å². The van der Waals surface area contributed by atoms with E-state index in [4.69, 9.17) is 24.5 Å². The Morgan fingerprint density at radius 2 is 1.93 bits per heavy atom. The van der Waals surface area contributed by atoms with Crippen molar-refractivity contribution in [3.05, 3.63) is 113 Å². The number of benzene rings is 3. The maximum absolute atomic E-state index is 14.2. The molecule has 1 aliphatic rings. The minimum atomic E-state index is -0.488. The number of carbonyl (C=O) groups excluding carboxylic acids is 1. The largest absolute Gasteiger partial charge is 0.473 e. The summed E-state index contributed by atoms with van der Waals surface area (Å²) in [5.74, 6) is 0.391. The third-order valence-corrected chi connectivity index (χ3v) is 7.32. The zero-order valence-corrected chi connectivity index (χ0v) is 22.9. The van der Waals surface area contributed by atoms with Crippen molar-refractivity contribution in [1.29, 1.82) is 5.26 Å². The average molecular weight is 563 g/mol. The lowest BCUT2D eigenvalue weighted by Gasteiger charge is -2.27. The molecule has 0 N–H and O–H groups in total. The highest BCUT2D eigenvalue weighted by Gasteiger charge is 2.22. The van der Waals surface area contributed by atoms with Crippen LogP contribution in [0.1, 0.15) is 39.3 Å². The minimum Gasteiger partial charge on any atom is -0.473 e. The number of methoxy groups -OCH3 is 1. The quantitative estimate of drug-likeness (QED) is 0.208. The van der Waals surface area contributed by atoms with Gasteiger partial charge in [-0.2, -0.15) is 5.26 Å². The van der Waals surface area contributed by atoms with Gasteiger partial charge in [0.25, 0.3) is 0 Å². The van der Waals surface area contributed by atoms with Gasteiger partial charge in [-0.05, 0) is 48.4 Å². The number of nitriles is 1. The minimum absolute atomic E-state index is 0.000946. The number of carbonyl (C=O) groups is 1. The number of hydrogen-bond acceptors (Lipinski definition) is 7. The molecule has 1 atom stereocenters. The van der Waals surface area contributed by atoms with Crippen molar-refractivity contribution in [2.45, 2.75) is 32.1 Å². The number of rotatable bonds is 9. The smallest absolute Gasteiger partial charge is 0.337 e. The zero-order chi connectivity index (χ0) is 29.1. The lowest BCUT2D eigenvalue weighted by atomic mass is 10.1. The lowest BCUT2D eigenvalue weighted by molar-refractivity contribution is -0.0589. The molecule has 1 fully saturated rings. The average Bonchev–Trinajstić information content (AvgIpc) is 3.34. The molecule has 9 heteroatoms. The molecule has 0 radical (unpaired) electrons. The van der Waals surface area contributed by atoms with Gasteiger partial charge in [-0.15, -0.1) is 0 Å².